The van der Waals surface area contributed by atoms with Gasteiger partial charge in [0.15, 0.2) is 0 Å². The molecule has 3 N–H and O–H groups in total. The van der Waals surface area contributed by atoms with Crippen molar-refractivity contribution in [2.24, 2.45) is 0 Å². The van der Waals surface area contributed by atoms with Crippen LogP contribution in [0.15, 0.2) is 24.3 Å². The normalized spacial score (nSPS) is 15.2. The van der Waals surface area contributed by atoms with Crippen LogP contribution in [0, 0.1) is 0 Å². The van der Waals surface area contributed by atoms with Crippen LogP contribution in [0.5, 0.6) is 0 Å². The lowest BCUT2D eigenvalue weighted by Gasteiger charge is -2.36. The van der Waals surface area contributed by atoms with Gasteiger partial charge in [-0.2, -0.15) is 0 Å². The zero-order valence-electron chi connectivity index (χ0n) is 12.1. The first-order valence-electron chi connectivity index (χ1n) is 7.34. The fourth-order valence-electron chi connectivity index (χ4n) is 2.34. The molecule has 1 aliphatic heterocycles. The van der Waals surface area contributed by atoms with Crippen molar-refractivity contribution < 1.29 is 4.79 Å². The Bertz CT molecular complexity index is 424. The van der Waals surface area contributed by atoms with E-state index in [2.05, 4.69) is 17.1 Å². The second-order valence-electron chi connectivity index (χ2n) is 5.15. The standard InChI is InChI=1S/C15H24N4O/c1-2-3-8-17-15(20)19-11-9-18(10-12-19)14-6-4-13(16)5-7-14/h4-7H,2-3,8-12,16H2,1H3,(H,17,20). The number of nitrogens with one attached hydrogen (secondary N) is 1. The van der Waals surface area contributed by atoms with Crippen LogP contribution in [0.25, 0.3) is 0 Å². The Hall–Kier alpha value is -1.91. The summed E-state index contributed by atoms with van der Waals surface area (Å²) in [7, 11) is 0. The van der Waals surface area contributed by atoms with Crippen molar-refractivity contribution in [1.82, 2.24) is 10.2 Å². The molecule has 1 aromatic carbocycles. The topological polar surface area (TPSA) is 61.6 Å². The molecule has 1 heterocycles. The summed E-state index contributed by atoms with van der Waals surface area (Å²) in [5.74, 6) is 0. The average Bonchev–Trinajstić information content (AvgIpc) is 2.48. The molecule has 1 fully saturated rings. The summed E-state index contributed by atoms with van der Waals surface area (Å²) in [6, 6.07) is 7.96. The Morgan fingerprint density at radius 1 is 1.20 bits per heavy atom. The molecule has 0 saturated carbocycles. The summed E-state index contributed by atoms with van der Waals surface area (Å²) in [4.78, 5) is 16.1. The number of benzene rings is 1. The van der Waals surface area contributed by atoms with E-state index in [-0.39, 0.29) is 6.03 Å². The molecule has 0 unspecified atom stereocenters. The number of hydrogen-bond donors (Lipinski definition) is 2. The maximum atomic E-state index is 11.9. The number of nitrogens with two attached hydrogens (primary N) is 1. The first-order valence-corrected chi connectivity index (χ1v) is 7.34. The van der Waals surface area contributed by atoms with Crippen LogP contribution in [-0.2, 0) is 0 Å². The van der Waals surface area contributed by atoms with E-state index in [1.54, 1.807) is 0 Å². The summed E-state index contributed by atoms with van der Waals surface area (Å²) in [6.07, 6.45) is 2.14. The van der Waals surface area contributed by atoms with E-state index in [9.17, 15) is 4.79 Å². The highest BCUT2D eigenvalue weighted by Crippen LogP contribution is 2.18. The van der Waals surface area contributed by atoms with Crippen molar-refractivity contribution in [3.63, 3.8) is 0 Å². The van der Waals surface area contributed by atoms with Crippen LogP contribution >= 0.6 is 0 Å². The minimum atomic E-state index is 0.0652. The van der Waals surface area contributed by atoms with Crippen molar-refractivity contribution in [3.05, 3.63) is 24.3 Å². The smallest absolute Gasteiger partial charge is 0.317 e. The van der Waals surface area contributed by atoms with Gasteiger partial charge >= 0.3 is 6.03 Å². The van der Waals surface area contributed by atoms with Crippen LogP contribution in [0.3, 0.4) is 0 Å². The van der Waals surface area contributed by atoms with Crippen LogP contribution in [0.2, 0.25) is 0 Å². The number of piperazine rings is 1. The number of anilines is 2. The van der Waals surface area contributed by atoms with Gasteiger partial charge in [-0.3, -0.25) is 0 Å². The van der Waals surface area contributed by atoms with Crippen LogP contribution in [0.1, 0.15) is 19.8 Å². The molecule has 1 aliphatic rings. The molecular weight excluding hydrogens is 252 g/mol. The first-order chi connectivity index (χ1) is 9.70. The van der Waals surface area contributed by atoms with Crippen molar-refractivity contribution in [2.75, 3.05) is 43.4 Å². The van der Waals surface area contributed by atoms with Crippen LogP contribution in [-0.4, -0.2) is 43.7 Å². The third-order valence-electron chi connectivity index (χ3n) is 3.63. The number of carbonyl (C=O) groups is 1. The van der Waals surface area contributed by atoms with Crippen LogP contribution in [0.4, 0.5) is 16.2 Å². The molecule has 0 aromatic heterocycles. The number of unbranched alkanes of at least 4 members (excludes halogenated alkanes) is 1. The van der Waals surface area contributed by atoms with Gasteiger partial charge < -0.3 is 20.9 Å². The number of nitrogens with zero attached hydrogens (tertiary/aromatic N) is 2. The lowest BCUT2D eigenvalue weighted by molar-refractivity contribution is 0.194. The second-order valence-corrected chi connectivity index (χ2v) is 5.15. The molecule has 5 nitrogen and oxygen atoms in total. The molecule has 110 valence electrons. The highest BCUT2D eigenvalue weighted by atomic mass is 16.2. The molecule has 1 aromatic rings. The lowest BCUT2D eigenvalue weighted by atomic mass is 10.2. The summed E-state index contributed by atoms with van der Waals surface area (Å²) in [5.41, 5.74) is 7.65. The average molecular weight is 276 g/mol. The molecule has 0 radical (unpaired) electrons. The number of nitrogen functional groups attached to an aromatic ring is 1. The zero-order valence-corrected chi connectivity index (χ0v) is 12.1. The fraction of sp³-hybridized carbons (Fsp3) is 0.533. The molecule has 0 spiro atoms. The number of urea groups is 1. The van der Waals surface area contributed by atoms with Crippen LogP contribution < -0.4 is 16.0 Å². The highest BCUT2D eigenvalue weighted by molar-refractivity contribution is 5.74. The number of carbonyl (C=O) groups excluding carboxylic acids is 1. The minimum absolute atomic E-state index is 0.0652. The van der Waals surface area contributed by atoms with Gasteiger partial charge in [0, 0.05) is 44.1 Å². The molecule has 20 heavy (non-hydrogen) atoms. The summed E-state index contributed by atoms with van der Waals surface area (Å²) in [5, 5.41) is 2.97. The van der Waals surface area contributed by atoms with E-state index < -0.39 is 0 Å². The van der Waals surface area contributed by atoms with Gasteiger partial charge in [-0.05, 0) is 30.7 Å². The van der Waals surface area contributed by atoms with Gasteiger partial charge in [-0.25, -0.2) is 4.79 Å². The van der Waals surface area contributed by atoms with Gasteiger partial charge in [-0.15, -0.1) is 0 Å². The molecule has 0 aliphatic carbocycles. The second kappa shape index (κ2) is 7.03. The van der Waals surface area contributed by atoms with E-state index in [0.717, 1.165) is 51.3 Å². The van der Waals surface area contributed by atoms with Gasteiger partial charge in [0.05, 0.1) is 0 Å². The van der Waals surface area contributed by atoms with Crippen molar-refractivity contribution in [2.45, 2.75) is 19.8 Å². The van der Waals surface area contributed by atoms with Gasteiger partial charge in [0.1, 0.15) is 0 Å². The molecule has 2 amide bonds. The molecule has 1 saturated heterocycles. The van der Waals surface area contributed by atoms with E-state index in [4.69, 9.17) is 5.73 Å². The lowest BCUT2D eigenvalue weighted by Crippen LogP contribution is -2.52. The summed E-state index contributed by atoms with van der Waals surface area (Å²) in [6.45, 7) is 6.16. The third kappa shape index (κ3) is 3.79. The van der Waals surface area contributed by atoms with E-state index in [1.165, 1.54) is 5.69 Å². The Morgan fingerprint density at radius 3 is 2.45 bits per heavy atom. The molecule has 0 atom stereocenters. The van der Waals surface area contributed by atoms with E-state index in [1.807, 2.05) is 29.2 Å². The first kappa shape index (κ1) is 14.5. The number of rotatable bonds is 4. The predicted molar refractivity (Wildman–Crippen MR) is 82.9 cm³/mol. The van der Waals surface area contributed by atoms with Gasteiger partial charge in [0.25, 0.3) is 0 Å². The fourth-order valence-corrected chi connectivity index (χ4v) is 2.34. The number of hydrogen-bond acceptors (Lipinski definition) is 3. The summed E-state index contributed by atoms with van der Waals surface area (Å²) < 4.78 is 0. The Labute approximate surface area is 120 Å². The van der Waals surface area contributed by atoms with Gasteiger partial charge in [0.2, 0.25) is 0 Å². The molecule has 0 bridgehead atoms. The van der Waals surface area contributed by atoms with Crippen molar-refractivity contribution >= 4 is 17.4 Å². The largest absolute Gasteiger partial charge is 0.399 e. The van der Waals surface area contributed by atoms with Crippen molar-refractivity contribution in [1.29, 1.82) is 0 Å². The zero-order chi connectivity index (χ0) is 14.4. The quantitative estimate of drug-likeness (QED) is 0.652. The molecule has 2 rings (SSSR count). The van der Waals surface area contributed by atoms with E-state index >= 15 is 0 Å². The predicted octanol–water partition coefficient (Wildman–Crippen LogP) is 1.90. The molecular formula is C15H24N4O. The Kier molecular flexibility index (Phi) is 5.09. The Balaban J connectivity index is 1.80. The minimum Gasteiger partial charge on any atom is -0.399 e. The number of amides is 2. The third-order valence-corrected chi connectivity index (χ3v) is 3.63. The van der Waals surface area contributed by atoms with Gasteiger partial charge in [-0.1, -0.05) is 13.3 Å². The highest BCUT2D eigenvalue weighted by Gasteiger charge is 2.20. The van der Waals surface area contributed by atoms with E-state index in [0.29, 0.717) is 0 Å². The summed E-state index contributed by atoms with van der Waals surface area (Å²) >= 11 is 0. The maximum Gasteiger partial charge on any atom is 0.317 e. The molecule has 5 heteroatoms. The monoisotopic (exact) mass is 276 g/mol. The SMILES string of the molecule is CCCCNC(=O)N1CCN(c2ccc(N)cc2)CC1. The Morgan fingerprint density at radius 2 is 1.85 bits per heavy atom. The van der Waals surface area contributed by atoms with Crippen molar-refractivity contribution in [3.8, 4) is 0 Å². The maximum absolute atomic E-state index is 11.9.